The van der Waals surface area contributed by atoms with Crippen LogP contribution in [-0.4, -0.2) is 9.55 Å². The van der Waals surface area contributed by atoms with Crippen LogP contribution in [0.1, 0.15) is 17.0 Å². The van der Waals surface area contributed by atoms with Gasteiger partial charge in [0, 0.05) is 11.6 Å². The molecule has 0 amide bonds. The van der Waals surface area contributed by atoms with Gasteiger partial charge in [0.1, 0.15) is 5.82 Å². The summed E-state index contributed by atoms with van der Waals surface area (Å²) in [5.74, 6) is 0.944. The van der Waals surface area contributed by atoms with Gasteiger partial charge < -0.3 is 4.57 Å². The van der Waals surface area contributed by atoms with Crippen molar-refractivity contribution in [2.24, 2.45) is 0 Å². The number of aromatic nitrogens is 2. The minimum absolute atomic E-state index is 0.744. The lowest BCUT2D eigenvalue weighted by Crippen LogP contribution is -2.01. The minimum atomic E-state index is 0.744. The van der Waals surface area contributed by atoms with Crippen molar-refractivity contribution in [3.05, 3.63) is 101 Å². The summed E-state index contributed by atoms with van der Waals surface area (Å²) >= 11 is 5.96. The Morgan fingerprint density at radius 1 is 0.800 bits per heavy atom. The zero-order valence-corrected chi connectivity index (χ0v) is 14.4. The van der Waals surface area contributed by atoms with Crippen LogP contribution in [0, 0.1) is 0 Å². The van der Waals surface area contributed by atoms with Crippen molar-refractivity contribution >= 4 is 34.8 Å². The highest BCUT2D eigenvalue weighted by atomic mass is 35.5. The SMILES string of the molecule is Clc1ccc(C=Cc2nc3ccccc3n2Cc2ccccc2)cc1. The zero-order valence-electron chi connectivity index (χ0n) is 13.6. The first-order chi connectivity index (χ1) is 12.3. The fraction of sp³-hybridized carbons (Fsp3) is 0.0455. The van der Waals surface area contributed by atoms with Gasteiger partial charge in [-0.1, -0.05) is 72.3 Å². The molecule has 1 heterocycles. The van der Waals surface area contributed by atoms with E-state index in [1.807, 2.05) is 36.4 Å². The predicted molar refractivity (Wildman–Crippen MR) is 106 cm³/mol. The van der Waals surface area contributed by atoms with E-state index < -0.39 is 0 Å². The molecule has 0 N–H and O–H groups in total. The summed E-state index contributed by atoms with van der Waals surface area (Å²) in [7, 11) is 0. The molecule has 25 heavy (non-hydrogen) atoms. The number of nitrogens with zero attached hydrogens (tertiary/aromatic N) is 2. The first kappa shape index (κ1) is 15.7. The summed E-state index contributed by atoms with van der Waals surface area (Å²) < 4.78 is 2.25. The van der Waals surface area contributed by atoms with Crippen molar-refractivity contribution < 1.29 is 0 Å². The Labute approximate surface area is 152 Å². The second-order valence-corrected chi connectivity index (χ2v) is 6.35. The molecule has 4 aromatic rings. The smallest absolute Gasteiger partial charge is 0.134 e. The molecule has 0 saturated heterocycles. The molecule has 0 fully saturated rings. The van der Waals surface area contributed by atoms with Crippen molar-refractivity contribution in [3.8, 4) is 0 Å². The molecule has 0 spiro atoms. The molecule has 2 nitrogen and oxygen atoms in total. The second-order valence-electron chi connectivity index (χ2n) is 5.92. The third kappa shape index (κ3) is 3.49. The number of hydrogen-bond donors (Lipinski definition) is 0. The Hall–Kier alpha value is -2.84. The molecule has 0 atom stereocenters. The van der Waals surface area contributed by atoms with Crippen molar-refractivity contribution in [2.75, 3.05) is 0 Å². The van der Waals surface area contributed by atoms with Crippen LogP contribution in [0.5, 0.6) is 0 Å². The van der Waals surface area contributed by atoms with E-state index >= 15 is 0 Å². The molecule has 0 aliphatic heterocycles. The lowest BCUT2D eigenvalue weighted by atomic mass is 10.2. The number of hydrogen-bond acceptors (Lipinski definition) is 1. The number of rotatable bonds is 4. The molecule has 0 aliphatic rings. The van der Waals surface area contributed by atoms with E-state index in [9.17, 15) is 0 Å². The summed E-state index contributed by atoms with van der Waals surface area (Å²) in [6, 6.07) is 26.5. The predicted octanol–water partition coefficient (Wildman–Crippen LogP) is 5.91. The molecule has 3 heteroatoms. The van der Waals surface area contributed by atoms with Crippen LogP contribution in [-0.2, 0) is 6.54 Å². The molecule has 0 unspecified atom stereocenters. The van der Waals surface area contributed by atoms with E-state index in [1.165, 1.54) is 5.56 Å². The largest absolute Gasteiger partial charge is 0.320 e. The van der Waals surface area contributed by atoms with Crippen molar-refractivity contribution in [3.63, 3.8) is 0 Å². The zero-order chi connectivity index (χ0) is 17.1. The average molecular weight is 345 g/mol. The van der Waals surface area contributed by atoms with Crippen LogP contribution in [0.15, 0.2) is 78.9 Å². The molecule has 0 aliphatic carbocycles. The summed E-state index contributed by atoms with van der Waals surface area (Å²) in [4.78, 5) is 4.79. The Bertz CT molecular complexity index is 1020. The number of imidazole rings is 1. The average Bonchev–Trinajstić information content (AvgIpc) is 3.00. The molecular formula is C22H17ClN2. The van der Waals surface area contributed by atoms with Gasteiger partial charge in [0.15, 0.2) is 0 Å². The maximum Gasteiger partial charge on any atom is 0.134 e. The van der Waals surface area contributed by atoms with Crippen LogP contribution in [0.2, 0.25) is 5.02 Å². The maximum atomic E-state index is 5.96. The Morgan fingerprint density at radius 2 is 1.52 bits per heavy atom. The van der Waals surface area contributed by atoms with Crippen molar-refractivity contribution in [2.45, 2.75) is 6.54 Å². The molecule has 122 valence electrons. The molecular weight excluding hydrogens is 328 g/mol. The normalized spacial score (nSPS) is 11.4. The third-order valence-corrected chi connectivity index (χ3v) is 4.41. The number of fused-ring (bicyclic) bond motifs is 1. The van der Waals surface area contributed by atoms with Crippen LogP contribution in [0.25, 0.3) is 23.2 Å². The first-order valence-electron chi connectivity index (χ1n) is 8.22. The van der Waals surface area contributed by atoms with Crippen LogP contribution >= 0.6 is 11.6 Å². The third-order valence-electron chi connectivity index (χ3n) is 4.16. The fourth-order valence-electron chi connectivity index (χ4n) is 2.90. The van der Waals surface area contributed by atoms with Crippen LogP contribution < -0.4 is 0 Å². The summed E-state index contributed by atoms with van der Waals surface area (Å²) in [5.41, 5.74) is 4.51. The highest BCUT2D eigenvalue weighted by Gasteiger charge is 2.08. The number of halogens is 1. The first-order valence-corrected chi connectivity index (χ1v) is 8.60. The van der Waals surface area contributed by atoms with E-state index in [2.05, 4.69) is 59.2 Å². The van der Waals surface area contributed by atoms with Gasteiger partial charge in [-0.15, -0.1) is 0 Å². The highest BCUT2D eigenvalue weighted by molar-refractivity contribution is 6.30. The van der Waals surface area contributed by atoms with E-state index in [0.717, 1.165) is 34.0 Å². The molecule has 0 radical (unpaired) electrons. The molecule has 4 rings (SSSR count). The highest BCUT2D eigenvalue weighted by Crippen LogP contribution is 2.20. The Morgan fingerprint density at radius 3 is 2.32 bits per heavy atom. The summed E-state index contributed by atoms with van der Waals surface area (Å²) in [6.07, 6.45) is 4.13. The van der Waals surface area contributed by atoms with Gasteiger partial charge in [-0.3, -0.25) is 0 Å². The second kappa shape index (κ2) is 6.96. The van der Waals surface area contributed by atoms with Gasteiger partial charge in [-0.25, -0.2) is 4.98 Å². The van der Waals surface area contributed by atoms with E-state index in [0.29, 0.717) is 0 Å². The number of para-hydroxylation sites is 2. The monoisotopic (exact) mass is 344 g/mol. The van der Waals surface area contributed by atoms with Crippen molar-refractivity contribution in [1.29, 1.82) is 0 Å². The van der Waals surface area contributed by atoms with Gasteiger partial charge in [0.05, 0.1) is 11.0 Å². The molecule has 0 saturated carbocycles. The van der Waals surface area contributed by atoms with Gasteiger partial charge in [-0.05, 0) is 41.5 Å². The topological polar surface area (TPSA) is 17.8 Å². The summed E-state index contributed by atoms with van der Waals surface area (Å²) in [5, 5.41) is 0.744. The van der Waals surface area contributed by atoms with Crippen molar-refractivity contribution in [1.82, 2.24) is 9.55 Å². The standard InChI is InChI=1S/C22H17ClN2/c23-19-13-10-17(11-14-19)12-15-22-24-20-8-4-5-9-21(20)25(22)16-18-6-2-1-3-7-18/h1-15H,16H2. The van der Waals surface area contributed by atoms with E-state index in [4.69, 9.17) is 16.6 Å². The van der Waals surface area contributed by atoms with Gasteiger partial charge in [0.2, 0.25) is 0 Å². The maximum absolute atomic E-state index is 5.96. The Kier molecular flexibility index (Phi) is 4.36. The lowest BCUT2D eigenvalue weighted by Gasteiger charge is -2.07. The molecule has 3 aromatic carbocycles. The fourth-order valence-corrected chi connectivity index (χ4v) is 3.02. The molecule has 0 bridgehead atoms. The van der Waals surface area contributed by atoms with Gasteiger partial charge >= 0.3 is 0 Å². The minimum Gasteiger partial charge on any atom is -0.320 e. The number of benzene rings is 3. The van der Waals surface area contributed by atoms with Gasteiger partial charge in [0.25, 0.3) is 0 Å². The van der Waals surface area contributed by atoms with E-state index in [-0.39, 0.29) is 0 Å². The molecule has 1 aromatic heterocycles. The van der Waals surface area contributed by atoms with Gasteiger partial charge in [-0.2, -0.15) is 0 Å². The Balaban J connectivity index is 1.74. The van der Waals surface area contributed by atoms with Crippen LogP contribution in [0.3, 0.4) is 0 Å². The lowest BCUT2D eigenvalue weighted by molar-refractivity contribution is 0.814. The summed E-state index contributed by atoms with van der Waals surface area (Å²) in [6.45, 7) is 0.793. The van der Waals surface area contributed by atoms with Crippen LogP contribution in [0.4, 0.5) is 0 Å². The quantitative estimate of drug-likeness (QED) is 0.450. The van der Waals surface area contributed by atoms with E-state index in [1.54, 1.807) is 0 Å².